The molecule has 0 radical (unpaired) electrons. The van der Waals surface area contributed by atoms with Crippen LogP contribution < -0.4 is 4.74 Å². The third kappa shape index (κ3) is 3.21. The molecular formula is C14H12ClFO. The van der Waals surface area contributed by atoms with Crippen molar-refractivity contribution in [3.63, 3.8) is 0 Å². The van der Waals surface area contributed by atoms with E-state index in [2.05, 4.69) is 0 Å². The molecule has 0 heterocycles. The second-order valence-corrected chi connectivity index (χ2v) is 4.25. The van der Waals surface area contributed by atoms with E-state index in [0.29, 0.717) is 17.4 Å². The summed E-state index contributed by atoms with van der Waals surface area (Å²) in [4.78, 5) is 0. The van der Waals surface area contributed by atoms with Crippen molar-refractivity contribution in [2.45, 2.75) is 13.5 Å². The van der Waals surface area contributed by atoms with Gasteiger partial charge in [-0.2, -0.15) is 0 Å². The smallest absolute Gasteiger partial charge is 0.126 e. The van der Waals surface area contributed by atoms with Crippen LogP contribution in [0.25, 0.3) is 0 Å². The molecule has 2 aromatic carbocycles. The Kier molecular flexibility index (Phi) is 3.64. The summed E-state index contributed by atoms with van der Waals surface area (Å²) in [6.07, 6.45) is 0. The van der Waals surface area contributed by atoms with Crippen LogP contribution in [0.1, 0.15) is 11.1 Å². The van der Waals surface area contributed by atoms with Gasteiger partial charge in [0.15, 0.2) is 0 Å². The number of benzene rings is 2. The highest BCUT2D eigenvalue weighted by Crippen LogP contribution is 2.20. The van der Waals surface area contributed by atoms with Crippen LogP contribution in [0.4, 0.5) is 4.39 Å². The van der Waals surface area contributed by atoms with Crippen LogP contribution >= 0.6 is 11.6 Å². The van der Waals surface area contributed by atoms with E-state index < -0.39 is 0 Å². The van der Waals surface area contributed by atoms with Crippen molar-refractivity contribution in [1.82, 2.24) is 0 Å². The van der Waals surface area contributed by atoms with Crippen molar-refractivity contribution in [3.05, 3.63) is 64.4 Å². The van der Waals surface area contributed by atoms with Crippen LogP contribution in [0.2, 0.25) is 5.02 Å². The molecule has 3 heteroatoms. The second kappa shape index (κ2) is 5.19. The number of hydrogen-bond donors (Lipinski definition) is 0. The maximum absolute atomic E-state index is 12.9. The summed E-state index contributed by atoms with van der Waals surface area (Å²) in [5.74, 6) is 0.194. The summed E-state index contributed by atoms with van der Waals surface area (Å²) in [6.45, 7) is 2.31. The fraction of sp³-hybridized carbons (Fsp3) is 0.143. The van der Waals surface area contributed by atoms with Crippen LogP contribution in [-0.2, 0) is 6.61 Å². The molecule has 17 heavy (non-hydrogen) atoms. The number of rotatable bonds is 3. The van der Waals surface area contributed by atoms with Crippen molar-refractivity contribution in [2.75, 3.05) is 0 Å². The van der Waals surface area contributed by atoms with E-state index in [1.54, 1.807) is 12.1 Å². The number of hydrogen-bond acceptors (Lipinski definition) is 1. The monoisotopic (exact) mass is 250 g/mol. The Hall–Kier alpha value is -1.54. The third-order valence-electron chi connectivity index (χ3n) is 2.40. The Morgan fingerprint density at radius 3 is 2.71 bits per heavy atom. The zero-order valence-electron chi connectivity index (χ0n) is 9.41. The van der Waals surface area contributed by atoms with Crippen molar-refractivity contribution in [2.24, 2.45) is 0 Å². The van der Waals surface area contributed by atoms with Gasteiger partial charge in [-0.05, 0) is 30.7 Å². The van der Waals surface area contributed by atoms with E-state index in [9.17, 15) is 4.39 Å². The van der Waals surface area contributed by atoms with Crippen molar-refractivity contribution >= 4 is 11.6 Å². The minimum Gasteiger partial charge on any atom is -0.489 e. The first-order valence-electron chi connectivity index (χ1n) is 5.28. The minimum absolute atomic E-state index is 0.308. The average molecular weight is 251 g/mol. The molecule has 0 atom stereocenters. The van der Waals surface area contributed by atoms with Gasteiger partial charge in [-0.25, -0.2) is 4.39 Å². The molecule has 0 amide bonds. The van der Waals surface area contributed by atoms with Gasteiger partial charge >= 0.3 is 0 Å². The van der Waals surface area contributed by atoms with Gasteiger partial charge in [0.2, 0.25) is 0 Å². The summed E-state index contributed by atoms with van der Waals surface area (Å²) in [7, 11) is 0. The lowest BCUT2D eigenvalue weighted by atomic mass is 10.2. The van der Waals surface area contributed by atoms with E-state index in [1.807, 2.05) is 25.1 Å². The highest BCUT2D eigenvalue weighted by Gasteiger charge is 2.02. The Morgan fingerprint density at radius 2 is 2.00 bits per heavy atom. The van der Waals surface area contributed by atoms with Gasteiger partial charge in [-0.15, -0.1) is 0 Å². The lowest BCUT2D eigenvalue weighted by Gasteiger charge is -2.08. The number of ether oxygens (including phenoxy) is 1. The Bertz CT molecular complexity index is 525. The van der Waals surface area contributed by atoms with Gasteiger partial charge in [0.25, 0.3) is 0 Å². The normalized spacial score (nSPS) is 10.3. The molecule has 2 aromatic rings. The fourth-order valence-corrected chi connectivity index (χ4v) is 1.78. The first-order chi connectivity index (χ1) is 8.15. The molecule has 0 unspecified atom stereocenters. The molecule has 0 aliphatic rings. The Morgan fingerprint density at radius 1 is 1.18 bits per heavy atom. The maximum Gasteiger partial charge on any atom is 0.126 e. The van der Waals surface area contributed by atoms with Crippen molar-refractivity contribution in [1.29, 1.82) is 0 Å². The fourth-order valence-electron chi connectivity index (χ4n) is 1.49. The predicted molar refractivity (Wildman–Crippen MR) is 66.9 cm³/mol. The average Bonchev–Trinajstić information content (AvgIpc) is 2.28. The number of halogens is 2. The Balaban J connectivity index is 2.07. The SMILES string of the molecule is Cc1ccc(COc2cccc(F)c2)c(Cl)c1. The van der Waals surface area contributed by atoms with Gasteiger partial charge in [0, 0.05) is 16.7 Å². The van der Waals surface area contributed by atoms with Crippen LogP contribution in [0.3, 0.4) is 0 Å². The minimum atomic E-state index is -0.308. The van der Waals surface area contributed by atoms with E-state index >= 15 is 0 Å². The highest BCUT2D eigenvalue weighted by atomic mass is 35.5. The zero-order chi connectivity index (χ0) is 12.3. The molecule has 0 saturated carbocycles. The topological polar surface area (TPSA) is 9.23 Å². The summed E-state index contributed by atoms with van der Waals surface area (Å²) in [5.41, 5.74) is 1.99. The molecule has 88 valence electrons. The molecule has 0 bridgehead atoms. The largest absolute Gasteiger partial charge is 0.489 e. The molecular weight excluding hydrogens is 239 g/mol. The van der Waals surface area contributed by atoms with Crippen LogP contribution in [-0.4, -0.2) is 0 Å². The van der Waals surface area contributed by atoms with E-state index in [1.165, 1.54) is 12.1 Å². The Labute approximate surface area is 105 Å². The highest BCUT2D eigenvalue weighted by molar-refractivity contribution is 6.31. The van der Waals surface area contributed by atoms with E-state index in [0.717, 1.165) is 11.1 Å². The van der Waals surface area contributed by atoms with E-state index in [4.69, 9.17) is 16.3 Å². The lowest BCUT2D eigenvalue weighted by molar-refractivity contribution is 0.304. The molecule has 0 spiro atoms. The molecule has 0 aliphatic carbocycles. The second-order valence-electron chi connectivity index (χ2n) is 3.84. The molecule has 0 N–H and O–H groups in total. The van der Waals surface area contributed by atoms with Crippen LogP contribution in [0.15, 0.2) is 42.5 Å². The van der Waals surface area contributed by atoms with E-state index in [-0.39, 0.29) is 5.82 Å². The molecule has 0 aliphatic heterocycles. The third-order valence-corrected chi connectivity index (χ3v) is 2.75. The number of aryl methyl sites for hydroxylation is 1. The van der Waals surface area contributed by atoms with Gasteiger partial charge in [0.1, 0.15) is 18.2 Å². The molecule has 0 fully saturated rings. The molecule has 1 nitrogen and oxygen atoms in total. The van der Waals surface area contributed by atoms with Gasteiger partial charge in [0.05, 0.1) is 0 Å². The first kappa shape index (κ1) is 11.9. The lowest BCUT2D eigenvalue weighted by Crippen LogP contribution is -1.96. The summed E-state index contributed by atoms with van der Waals surface area (Å²) in [6, 6.07) is 11.8. The summed E-state index contributed by atoms with van der Waals surface area (Å²) >= 11 is 6.07. The summed E-state index contributed by atoms with van der Waals surface area (Å²) in [5, 5.41) is 0.668. The summed E-state index contributed by atoms with van der Waals surface area (Å²) < 4.78 is 18.4. The van der Waals surface area contributed by atoms with Crippen molar-refractivity contribution in [3.8, 4) is 5.75 Å². The van der Waals surface area contributed by atoms with Gasteiger partial charge in [-0.1, -0.05) is 29.8 Å². The molecule has 2 rings (SSSR count). The molecule has 0 aromatic heterocycles. The standard InChI is InChI=1S/C14H12ClFO/c1-10-5-6-11(14(15)7-10)9-17-13-4-2-3-12(16)8-13/h2-8H,9H2,1H3. The van der Waals surface area contributed by atoms with Gasteiger partial charge < -0.3 is 4.74 Å². The maximum atomic E-state index is 12.9. The predicted octanol–water partition coefficient (Wildman–Crippen LogP) is 4.37. The zero-order valence-corrected chi connectivity index (χ0v) is 10.2. The quantitative estimate of drug-likeness (QED) is 0.786. The van der Waals surface area contributed by atoms with Gasteiger partial charge in [-0.3, -0.25) is 0 Å². The molecule has 0 saturated heterocycles. The van der Waals surface area contributed by atoms with Crippen molar-refractivity contribution < 1.29 is 9.13 Å². The first-order valence-corrected chi connectivity index (χ1v) is 5.66. The van der Waals surface area contributed by atoms with Crippen LogP contribution in [0, 0.1) is 12.7 Å². The van der Waals surface area contributed by atoms with Crippen LogP contribution in [0.5, 0.6) is 5.75 Å².